The molecule has 9 N–H and O–H groups in total. The molecule has 0 bridgehead atoms. The molecule has 0 amide bonds. The van der Waals surface area contributed by atoms with E-state index in [2.05, 4.69) is 0 Å². The SMILES string of the molecule is F.F.O=P(O)(O)O.O=P(O)(O)O.O=P(O)(O)O.[Ca+2].[Ca+2].[H-].[H-].[H-].[H-]. The van der Waals surface area contributed by atoms with Gasteiger partial charge in [0.15, 0.2) is 0 Å². The van der Waals surface area contributed by atoms with Crippen molar-refractivity contribution >= 4 is 98.9 Å². The van der Waals surface area contributed by atoms with Crippen LogP contribution in [0.25, 0.3) is 0 Å². The standard InChI is InChI=1S/2Ca.2FH.3H3O4P.4H/c;;;;3*1-5(2,3)4;;;;/h;;2*1H;3*(H3,1,2,3,4);;;;/q2*+2;;;;;;4*-1. The van der Waals surface area contributed by atoms with Crippen molar-refractivity contribution in [3.63, 3.8) is 0 Å². The molecule has 12 nitrogen and oxygen atoms in total. The molecular weight excluding hydrogens is 403 g/mol. The first-order chi connectivity index (χ1) is 6.00. The van der Waals surface area contributed by atoms with Crippen molar-refractivity contribution < 1.29 is 72.9 Å². The topological polar surface area (TPSA) is 233 Å². The molecule has 0 saturated carbocycles. The van der Waals surface area contributed by atoms with Crippen LogP contribution in [-0.4, -0.2) is 120 Å². The molecule has 0 aromatic heterocycles. The molecule has 0 heterocycles. The minimum absolute atomic E-state index is 0. The van der Waals surface area contributed by atoms with E-state index in [1.807, 2.05) is 0 Å². The Hall–Kier alpha value is 2.71. The first-order valence-electron chi connectivity index (χ1n) is 2.35. The van der Waals surface area contributed by atoms with Gasteiger partial charge < -0.3 is 49.7 Å². The van der Waals surface area contributed by atoms with Crippen LogP contribution in [0.4, 0.5) is 9.41 Å². The molecule has 0 saturated heterocycles. The summed E-state index contributed by atoms with van der Waals surface area (Å²) in [6.45, 7) is 0. The Bertz CT molecular complexity index is 230. The summed E-state index contributed by atoms with van der Waals surface area (Å²) in [7, 11) is -13.9. The molecule has 0 aliphatic heterocycles. The van der Waals surface area contributed by atoms with Gasteiger partial charge in [0.25, 0.3) is 0 Å². The van der Waals surface area contributed by atoms with Gasteiger partial charge in [-0.05, 0) is 0 Å². The molecule has 19 heavy (non-hydrogen) atoms. The second-order valence-corrected chi connectivity index (χ2v) is 4.62. The third kappa shape index (κ3) is 987. The Morgan fingerprint density at radius 3 is 0.474 bits per heavy atom. The van der Waals surface area contributed by atoms with Gasteiger partial charge in [0.1, 0.15) is 0 Å². The molecule has 0 unspecified atom stereocenters. The fourth-order valence-electron chi connectivity index (χ4n) is 0. The molecule has 0 rings (SSSR count). The molecule has 0 aliphatic rings. The Morgan fingerprint density at radius 2 is 0.474 bits per heavy atom. The smallest absolute Gasteiger partial charge is 1.00 e. The maximum Gasteiger partial charge on any atom is 2.00 e. The van der Waals surface area contributed by atoms with Crippen molar-refractivity contribution in [2.24, 2.45) is 0 Å². The van der Waals surface area contributed by atoms with Crippen LogP contribution in [0.15, 0.2) is 0 Å². The molecule has 0 fully saturated rings. The molecule has 0 aromatic rings. The van der Waals surface area contributed by atoms with E-state index in [1.54, 1.807) is 0 Å². The van der Waals surface area contributed by atoms with Gasteiger partial charge in [-0.25, -0.2) is 13.7 Å². The van der Waals surface area contributed by atoms with E-state index in [1.165, 1.54) is 0 Å². The van der Waals surface area contributed by atoms with Crippen LogP contribution in [0.1, 0.15) is 5.71 Å². The number of hydrogen-bond donors (Lipinski definition) is 9. The molecule has 19 heteroatoms. The zero-order valence-corrected chi connectivity index (χ0v) is 15.9. The van der Waals surface area contributed by atoms with Crippen LogP contribution < -0.4 is 0 Å². The number of phosphoric acid groups is 3. The van der Waals surface area contributed by atoms with E-state index in [0.717, 1.165) is 0 Å². The molecule has 0 aliphatic carbocycles. The van der Waals surface area contributed by atoms with Crippen LogP contribution in [0, 0.1) is 0 Å². The van der Waals surface area contributed by atoms with E-state index >= 15 is 0 Å². The summed E-state index contributed by atoms with van der Waals surface area (Å²) in [4.78, 5) is 64.7. The first-order valence-corrected chi connectivity index (χ1v) is 7.04. The summed E-state index contributed by atoms with van der Waals surface area (Å²) in [5.74, 6) is 0. The number of rotatable bonds is 0. The second kappa shape index (κ2) is 18.8. The number of hydrogen-bond acceptors (Lipinski definition) is 3. The average Bonchev–Trinajstić information content (AvgIpc) is 1.41. The summed E-state index contributed by atoms with van der Waals surface area (Å²) in [5.41, 5.74) is 0. The Balaban J connectivity index is -0.00000000889. The summed E-state index contributed by atoms with van der Waals surface area (Å²) in [6.07, 6.45) is 0. The van der Waals surface area contributed by atoms with Gasteiger partial charge in [-0.15, -0.1) is 0 Å². The summed E-state index contributed by atoms with van der Waals surface area (Å²) in [5, 5.41) is 0. The number of halogens is 2. The zero-order chi connectivity index (χ0) is 13.5. The van der Waals surface area contributed by atoms with E-state index in [9.17, 15) is 0 Å². The molecule has 0 aromatic carbocycles. The molecule has 0 radical (unpaired) electrons. The molecular formula is H15Ca2F2O12P3. The van der Waals surface area contributed by atoms with Gasteiger partial charge in [-0.3, -0.25) is 9.41 Å². The Labute approximate surface area is 170 Å². The van der Waals surface area contributed by atoms with Gasteiger partial charge in [0, 0.05) is 0 Å². The van der Waals surface area contributed by atoms with Crippen molar-refractivity contribution in [3.8, 4) is 0 Å². The molecule has 0 atom stereocenters. The summed E-state index contributed by atoms with van der Waals surface area (Å²) >= 11 is 0. The van der Waals surface area contributed by atoms with Crippen molar-refractivity contribution in [2.45, 2.75) is 0 Å². The third-order valence-electron chi connectivity index (χ3n) is 0. The van der Waals surface area contributed by atoms with Gasteiger partial charge in [0.05, 0.1) is 0 Å². The minimum atomic E-state index is -4.64. The fourth-order valence-corrected chi connectivity index (χ4v) is 0. The average molecular weight is 418 g/mol. The van der Waals surface area contributed by atoms with Crippen LogP contribution in [0.3, 0.4) is 0 Å². The van der Waals surface area contributed by atoms with Crippen LogP contribution in [0.2, 0.25) is 0 Å². The van der Waals surface area contributed by atoms with Crippen molar-refractivity contribution in [1.29, 1.82) is 0 Å². The van der Waals surface area contributed by atoms with E-state index in [0.29, 0.717) is 0 Å². The molecule has 120 valence electrons. The van der Waals surface area contributed by atoms with E-state index in [4.69, 9.17) is 57.7 Å². The maximum absolute atomic E-state index is 8.88. The predicted molar refractivity (Wildman–Crippen MR) is 63.8 cm³/mol. The third-order valence-corrected chi connectivity index (χ3v) is 0. The second-order valence-electron chi connectivity index (χ2n) is 1.54. The van der Waals surface area contributed by atoms with E-state index < -0.39 is 23.5 Å². The summed E-state index contributed by atoms with van der Waals surface area (Å²) < 4.78 is 26.6. The van der Waals surface area contributed by atoms with E-state index in [-0.39, 0.29) is 90.6 Å². The maximum atomic E-state index is 8.88. The monoisotopic (exact) mass is 418 g/mol. The minimum Gasteiger partial charge on any atom is -1.00 e. The van der Waals surface area contributed by atoms with Gasteiger partial charge in [-0.1, -0.05) is 0 Å². The van der Waals surface area contributed by atoms with Crippen molar-refractivity contribution in [3.05, 3.63) is 0 Å². The fraction of sp³-hybridized carbons (Fsp3) is 0. The largest absolute Gasteiger partial charge is 2.00 e. The Kier molecular flexibility index (Phi) is 42.5. The Morgan fingerprint density at radius 1 is 0.474 bits per heavy atom. The van der Waals surface area contributed by atoms with Gasteiger partial charge >= 0.3 is 98.9 Å². The van der Waals surface area contributed by atoms with Crippen molar-refractivity contribution in [2.75, 3.05) is 0 Å². The predicted octanol–water partition coefficient (Wildman–Crippen LogP) is -2.79. The van der Waals surface area contributed by atoms with Gasteiger partial charge in [0.2, 0.25) is 0 Å². The summed E-state index contributed by atoms with van der Waals surface area (Å²) in [6, 6.07) is 0. The zero-order valence-electron chi connectivity index (χ0n) is 12.8. The van der Waals surface area contributed by atoms with Crippen LogP contribution >= 0.6 is 23.5 Å². The molecule has 0 spiro atoms. The first kappa shape index (κ1) is 43.0. The van der Waals surface area contributed by atoms with Crippen LogP contribution in [0.5, 0.6) is 0 Å². The normalized spacial score (nSPS) is 9.32. The van der Waals surface area contributed by atoms with Crippen molar-refractivity contribution in [1.82, 2.24) is 0 Å². The van der Waals surface area contributed by atoms with Gasteiger partial charge in [-0.2, -0.15) is 0 Å². The quantitative estimate of drug-likeness (QED) is 0.143. The van der Waals surface area contributed by atoms with Crippen LogP contribution in [-0.2, 0) is 13.7 Å².